The number of rotatable bonds is 5. The maximum atomic E-state index is 12.4. The Kier molecular flexibility index (Phi) is 5.00. The largest absolute Gasteiger partial charge is 0.461 e. The maximum Gasteiger partial charge on any atom is 0.355 e. The topological polar surface area (TPSA) is 79.8 Å². The van der Waals surface area contributed by atoms with Crippen LogP contribution in [0.4, 0.5) is 11.4 Å². The van der Waals surface area contributed by atoms with Crippen molar-refractivity contribution >= 4 is 40.6 Å². The molecule has 1 unspecified atom stereocenters. The average Bonchev–Trinajstić information content (AvgIpc) is 2.93. The number of anilines is 2. The van der Waals surface area contributed by atoms with Crippen LogP contribution in [0.3, 0.4) is 0 Å². The van der Waals surface area contributed by atoms with Crippen molar-refractivity contribution in [3.05, 3.63) is 59.1 Å². The molecule has 2 N–H and O–H groups in total. The fraction of sp³-hybridized carbons (Fsp3) is 0.167. The van der Waals surface area contributed by atoms with Crippen molar-refractivity contribution in [1.29, 1.82) is 0 Å². The second-order valence-corrected chi connectivity index (χ2v) is 5.73. The molecule has 1 amide bonds. The normalized spacial score (nSPS) is 16.2. The summed E-state index contributed by atoms with van der Waals surface area (Å²) in [5.74, 6) is -1.82. The van der Waals surface area contributed by atoms with E-state index in [0.717, 1.165) is 0 Å². The Hall–Kier alpha value is -2.86. The molecule has 1 atom stereocenters. The van der Waals surface area contributed by atoms with Gasteiger partial charge in [0.25, 0.3) is 0 Å². The van der Waals surface area contributed by atoms with E-state index in [9.17, 15) is 9.59 Å². The summed E-state index contributed by atoms with van der Waals surface area (Å²) in [4.78, 5) is 24.8. The molecule has 0 saturated heterocycles. The molecule has 1 aliphatic rings. The molecular weight excluding hydrogens is 342 g/mol. The molecular formula is C18H16ClN3O3. The standard InChI is InChI=1S/C18H16ClN3O3/c1-2-25-18(24)16(22-21-14-10-6-4-8-12(14)19)15-11-7-3-5-9-13(11)20-17(15)23/h3-10,15,21H,2H2,1H3,(H,20,23)/b22-16-. The SMILES string of the molecule is CCOC(=O)/C(=N\Nc1ccccc1Cl)C1C(=O)Nc2ccccc21. The van der Waals surface area contributed by atoms with Gasteiger partial charge in [-0.1, -0.05) is 41.9 Å². The van der Waals surface area contributed by atoms with E-state index in [0.29, 0.717) is 22.0 Å². The molecule has 0 aliphatic carbocycles. The van der Waals surface area contributed by atoms with Gasteiger partial charge >= 0.3 is 5.97 Å². The fourth-order valence-electron chi connectivity index (χ4n) is 2.59. The quantitative estimate of drug-likeness (QED) is 0.488. The monoisotopic (exact) mass is 357 g/mol. The third-order valence-corrected chi connectivity index (χ3v) is 4.05. The van der Waals surface area contributed by atoms with Crippen LogP contribution >= 0.6 is 11.6 Å². The molecule has 128 valence electrons. The second-order valence-electron chi connectivity index (χ2n) is 5.32. The Bertz CT molecular complexity index is 851. The number of hydrogen-bond donors (Lipinski definition) is 2. The minimum atomic E-state index is -0.842. The Morgan fingerprint density at radius 1 is 1.24 bits per heavy atom. The third-order valence-electron chi connectivity index (χ3n) is 3.72. The van der Waals surface area contributed by atoms with Crippen molar-refractivity contribution in [2.24, 2.45) is 5.10 Å². The minimum absolute atomic E-state index is 0.0239. The van der Waals surface area contributed by atoms with E-state index in [1.54, 1.807) is 49.4 Å². The van der Waals surface area contributed by atoms with Crippen LogP contribution in [0, 0.1) is 0 Å². The number of benzene rings is 2. The van der Waals surface area contributed by atoms with E-state index in [4.69, 9.17) is 16.3 Å². The predicted molar refractivity (Wildman–Crippen MR) is 97.0 cm³/mol. The Morgan fingerprint density at radius 2 is 1.96 bits per heavy atom. The van der Waals surface area contributed by atoms with Gasteiger partial charge in [-0.05, 0) is 30.7 Å². The van der Waals surface area contributed by atoms with Crippen molar-refractivity contribution in [3.63, 3.8) is 0 Å². The van der Waals surface area contributed by atoms with Gasteiger partial charge in [0, 0.05) is 5.69 Å². The van der Waals surface area contributed by atoms with E-state index in [-0.39, 0.29) is 18.2 Å². The number of esters is 1. The van der Waals surface area contributed by atoms with Crippen molar-refractivity contribution in [3.8, 4) is 0 Å². The van der Waals surface area contributed by atoms with Gasteiger partial charge in [-0.2, -0.15) is 5.10 Å². The van der Waals surface area contributed by atoms with Crippen molar-refractivity contribution < 1.29 is 14.3 Å². The number of nitrogens with one attached hydrogen (secondary N) is 2. The van der Waals surface area contributed by atoms with E-state index in [1.807, 2.05) is 6.07 Å². The Morgan fingerprint density at radius 3 is 2.72 bits per heavy atom. The lowest BCUT2D eigenvalue weighted by molar-refractivity contribution is -0.135. The first-order valence-corrected chi connectivity index (χ1v) is 8.14. The number of hydrogen-bond acceptors (Lipinski definition) is 5. The Labute approximate surface area is 149 Å². The summed E-state index contributed by atoms with van der Waals surface area (Å²) in [6.45, 7) is 1.87. The molecule has 6 nitrogen and oxygen atoms in total. The highest BCUT2D eigenvalue weighted by Gasteiger charge is 2.38. The lowest BCUT2D eigenvalue weighted by Gasteiger charge is -2.12. The van der Waals surface area contributed by atoms with Crippen LogP contribution < -0.4 is 10.7 Å². The number of fused-ring (bicyclic) bond motifs is 1. The smallest absolute Gasteiger partial charge is 0.355 e. The molecule has 7 heteroatoms. The summed E-state index contributed by atoms with van der Waals surface area (Å²) >= 11 is 6.09. The molecule has 0 spiro atoms. The van der Waals surface area contributed by atoms with Crippen molar-refractivity contribution in [1.82, 2.24) is 0 Å². The molecule has 2 aromatic carbocycles. The van der Waals surface area contributed by atoms with Gasteiger partial charge in [-0.25, -0.2) is 4.79 Å². The molecule has 25 heavy (non-hydrogen) atoms. The van der Waals surface area contributed by atoms with Gasteiger partial charge in [0.05, 0.1) is 17.3 Å². The third kappa shape index (κ3) is 3.49. The van der Waals surface area contributed by atoms with E-state index in [1.165, 1.54) is 0 Å². The molecule has 0 aromatic heterocycles. The van der Waals surface area contributed by atoms with Crippen molar-refractivity contribution in [2.45, 2.75) is 12.8 Å². The van der Waals surface area contributed by atoms with E-state index >= 15 is 0 Å². The van der Waals surface area contributed by atoms with Crippen LogP contribution in [0.25, 0.3) is 0 Å². The predicted octanol–water partition coefficient (Wildman–Crippen LogP) is 3.41. The van der Waals surface area contributed by atoms with Gasteiger partial charge in [0.15, 0.2) is 5.71 Å². The fourth-order valence-corrected chi connectivity index (χ4v) is 2.76. The first-order valence-electron chi connectivity index (χ1n) is 7.77. The molecule has 1 heterocycles. The number of ether oxygens (including phenoxy) is 1. The maximum absolute atomic E-state index is 12.4. The summed E-state index contributed by atoms with van der Waals surface area (Å²) in [6.07, 6.45) is 0. The average molecular weight is 358 g/mol. The van der Waals surface area contributed by atoms with Gasteiger partial charge in [-0.3, -0.25) is 10.2 Å². The number of para-hydroxylation sites is 2. The first-order chi connectivity index (χ1) is 12.1. The molecule has 0 saturated carbocycles. The number of halogens is 1. The zero-order valence-electron chi connectivity index (χ0n) is 13.5. The summed E-state index contributed by atoms with van der Waals surface area (Å²) in [5, 5.41) is 7.35. The van der Waals surface area contributed by atoms with Crippen LogP contribution in [-0.2, 0) is 14.3 Å². The highest BCUT2D eigenvalue weighted by atomic mass is 35.5. The first kappa shape index (κ1) is 17.0. The highest BCUT2D eigenvalue weighted by Crippen LogP contribution is 2.33. The lowest BCUT2D eigenvalue weighted by Crippen LogP contribution is -2.30. The number of amides is 1. The van der Waals surface area contributed by atoms with Gasteiger partial charge in [-0.15, -0.1) is 0 Å². The van der Waals surface area contributed by atoms with Gasteiger partial charge in [0.1, 0.15) is 5.92 Å². The van der Waals surface area contributed by atoms with Gasteiger partial charge < -0.3 is 10.1 Å². The molecule has 0 radical (unpaired) electrons. The number of hydrazone groups is 1. The van der Waals surface area contributed by atoms with Gasteiger partial charge in [0.2, 0.25) is 5.91 Å². The van der Waals surface area contributed by atoms with Crippen LogP contribution in [0.15, 0.2) is 53.6 Å². The Balaban J connectivity index is 1.98. The highest BCUT2D eigenvalue weighted by molar-refractivity contribution is 6.44. The summed E-state index contributed by atoms with van der Waals surface area (Å²) < 4.78 is 5.08. The van der Waals surface area contributed by atoms with Crippen LogP contribution in [-0.4, -0.2) is 24.2 Å². The molecule has 1 aliphatic heterocycles. The molecule has 0 bridgehead atoms. The zero-order chi connectivity index (χ0) is 17.8. The van der Waals surface area contributed by atoms with Crippen LogP contribution in [0.5, 0.6) is 0 Å². The lowest BCUT2D eigenvalue weighted by atomic mass is 9.95. The summed E-state index contributed by atoms with van der Waals surface area (Å²) in [6, 6.07) is 14.1. The molecule has 0 fully saturated rings. The second kappa shape index (κ2) is 7.36. The summed E-state index contributed by atoms with van der Waals surface area (Å²) in [5.41, 5.74) is 4.60. The van der Waals surface area contributed by atoms with Crippen molar-refractivity contribution in [2.75, 3.05) is 17.3 Å². The molecule has 3 rings (SSSR count). The number of carbonyl (C=O) groups is 2. The number of nitrogens with zero attached hydrogens (tertiary/aromatic N) is 1. The number of carbonyl (C=O) groups excluding carboxylic acids is 2. The van der Waals surface area contributed by atoms with E-state index in [2.05, 4.69) is 15.8 Å². The minimum Gasteiger partial charge on any atom is -0.461 e. The van der Waals surface area contributed by atoms with Crippen LogP contribution in [0.1, 0.15) is 18.4 Å². The zero-order valence-corrected chi connectivity index (χ0v) is 14.2. The van der Waals surface area contributed by atoms with Crippen LogP contribution in [0.2, 0.25) is 5.02 Å². The van der Waals surface area contributed by atoms with E-state index < -0.39 is 11.9 Å². The summed E-state index contributed by atoms with van der Waals surface area (Å²) in [7, 11) is 0. The molecule has 2 aromatic rings.